The number of carboxylic acid groups (broad SMARTS) is 4. The van der Waals surface area contributed by atoms with Crippen LogP contribution < -0.4 is 16.4 Å². The summed E-state index contributed by atoms with van der Waals surface area (Å²) in [5.74, 6) is -6.38. The lowest BCUT2D eigenvalue weighted by Gasteiger charge is -2.22. The number of rotatable bonds is 12. The molecule has 0 aromatic heterocycles. The summed E-state index contributed by atoms with van der Waals surface area (Å²) < 4.78 is 0. The van der Waals surface area contributed by atoms with Gasteiger partial charge in [0.1, 0.15) is 6.04 Å². The smallest absolute Gasteiger partial charge is 0.321 e. The molecule has 24 heavy (non-hydrogen) atoms. The highest BCUT2D eigenvalue weighted by Gasteiger charge is 2.26. The quantitative estimate of drug-likeness (QED) is 0.192. The lowest BCUT2D eigenvalue weighted by atomic mass is 10.1. The molecule has 3 unspecified atom stereocenters. The fourth-order valence-electron chi connectivity index (χ4n) is 1.71. The van der Waals surface area contributed by atoms with Crippen molar-refractivity contribution in [3.8, 4) is 0 Å². The molecule has 8 N–H and O–H groups in total. The van der Waals surface area contributed by atoms with E-state index in [1.807, 2.05) is 0 Å². The average Bonchev–Trinajstić information content (AvgIpc) is 2.41. The van der Waals surface area contributed by atoms with E-state index < -0.39 is 67.2 Å². The van der Waals surface area contributed by atoms with Crippen LogP contribution >= 0.6 is 0 Å². The maximum atomic E-state index is 11.6. The highest BCUT2D eigenvalue weighted by molar-refractivity contribution is 5.86. The van der Waals surface area contributed by atoms with Crippen molar-refractivity contribution in [2.75, 3.05) is 6.54 Å². The molecule has 0 radical (unpaired) electrons. The Balaban J connectivity index is 4.78. The molecule has 12 heteroatoms. The predicted molar refractivity (Wildman–Crippen MR) is 76.1 cm³/mol. The summed E-state index contributed by atoms with van der Waals surface area (Å²) in [5, 5.41) is 39.4. The molecule has 3 atom stereocenters. The molecule has 0 saturated carbocycles. The molecule has 0 heterocycles. The summed E-state index contributed by atoms with van der Waals surface area (Å²) in [6.45, 7) is -0.373. The van der Waals surface area contributed by atoms with Crippen LogP contribution in [0.15, 0.2) is 0 Å². The van der Waals surface area contributed by atoms with Gasteiger partial charge < -0.3 is 31.5 Å². The number of amides is 1. The first-order valence-electron chi connectivity index (χ1n) is 6.70. The van der Waals surface area contributed by atoms with Crippen LogP contribution in [-0.4, -0.2) is 74.9 Å². The second kappa shape index (κ2) is 10.1. The molecule has 1 amide bonds. The molecule has 0 bridgehead atoms. The Bertz CT molecular complexity index is 508. The van der Waals surface area contributed by atoms with E-state index in [4.69, 9.17) is 26.2 Å². The van der Waals surface area contributed by atoms with Gasteiger partial charge in [-0.25, -0.2) is 0 Å². The van der Waals surface area contributed by atoms with Crippen molar-refractivity contribution in [1.82, 2.24) is 10.6 Å². The largest absolute Gasteiger partial charge is 0.481 e. The number of carboxylic acids is 4. The average molecular weight is 349 g/mol. The Hall–Kier alpha value is -2.73. The van der Waals surface area contributed by atoms with Crippen LogP contribution in [0.4, 0.5) is 0 Å². The molecule has 0 spiro atoms. The van der Waals surface area contributed by atoms with Gasteiger partial charge in [0.15, 0.2) is 0 Å². The van der Waals surface area contributed by atoms with Crippen LogP contribution in [-0.2, 0) is 24.0 Å². The molecule has 0 aliphatic carbocycles. The summed E-state index contributed by atoms with van der Waals surface area (Å²) in [6.07, 6.45) is -2.03. The van der Waals surface area contributed by atoms with E-state index in [1.54, 1.807) is 0 Å². The molecule has 0 aliphatic rings. The highest BCUT2D eigenvalue weighted by atomic mass is 16.4. The summed E-state index contributed by atoms with van der Waals surface area (Å²) in [4.78, 5) is 54.4. The molecule has 0 aromatic carbocycles. The normalized spacial score (nSPS) is 14.2. The molecule has 136 valence electrons. The predicted octanol–water partition coefficient (Wildman–Crippen LogP) is -2.73. The van der Waals surface area contributed by atoms with Crippen molar-refractivity contribution >= 4 is 29.8 Å². The maximum absolute atomic E-state index is 11.6. The second-order valence-electron chi connectivity index (χ2n) is 4.90. The first-order chi connectivity index (χ1) is 11.0. The van der Waals surface area contributed by atoms with E-state index in [2.05, 4.69) is 10.6 Å². The number of nitrogens with two attached hydrogens (primary N) is 1. The molecule has 0 aliphatic heterocycles. The number of hydrogen-bond donors (Lipinski definition) is 7. The van der Waals surface area contributed by atoms with Gasteiger partial charge in [-0.2, -0.15) is 0 Å². The van der Waals surface area contributed by atoms with Crippen LogP contribution in [0.25, 0.3) is 0 Å². The number of aliphatic carboxylic acids is 4. The second-order valence-corrected chi connectivity index (χ2v) is 4.90. The Morgan fingerprint density at radius 2 is 1.33 bits per heavy atom. The van der Waals surface area contributed by atoms with Gasteiger partial charge in [-0.3, -0.25) is 29.3 Å². The molecule has 0 aromatic rings. The van der Waals surface area contributed by atoms with Gasteiger partial charge >= 0.3 is 23.9 Å². The van der Waals surface area contributed by atoms with E-state index in [0.29, 0.717) is 0 Å². The Kier molecular flexibility index (Phi) is 8.97. The summed E-state index contributed by atoms with van der Waals surface area (Å²) >= 11 is 0. The van der Waals surface area contributed by atoms with Gasteiger partial charge in [-0.1, -0.05) is 0 Å². The van der Waals surface area contributed by atoms with E-state index in [-0.39, 0.29) is 6.54 Å². The number of nitrogens with one attached hydrogen (secondary N) is 2. The fraction of sp³-hybridized carbons (Fsp3) is 0.583. The van der Waals surface area contributed by atoms with Gasteiger partial charge in [0.2, 0.25) is 5.91 Å². The third-order valence-electron chi connectivity index (χ3n) is 2.79. The summed E-state index contributed by atoms with van der Waals surface area (Å²) in [5.41, 5.74) is 5.32. The Labute approximate surface area is 135 Å². The minimum atomic E-state index is -1.56. The molecule has 12 nitrogen and oxygen atoms in total. The minimum Gasteiger partial charge on any atom is -0.481 e. The van der Waals surface area contributed by atoms with Crippen molar-refractivity contribution in [1.29, 1.82) is 0 Å². The van der Waals surface area contributed by atoms with E-state index in [1.165, 1.54) is 0 Å². The lowest BCUT2D eigenvalue weighted by Crippen LogP contribution is -2.52. The number of carbonyl (C=O) groups is 5. The minimum absolute atomic E-state index is 0.373. The molecule has 0 rings (SSSR count). The number of carbonyl (C=O) groups excluding carboxylic acids is 1. The lowest BCUT2D eigenvalue weighted by molar-refractivity contribution is -0.146. The van der Waals surface area contributed by atoms with Crippen LogP contribution in [0.1, 0.15) is 19.3 Å². The van der Waals surface area contributed by atoms with Gasteiger partial charge in [-0.15, -0.1) is 0 Å². The molecular formula is C12H19N3O9. The van der Waals surface area contributed by atoms with E-state index in [9.17, 15) is 24.0 Å². The topological polar surface area (TPSA) is 216 Å². The van der Waals surface area contributed by atoms with Gasteiger partial charge in [0.05, 0.1) is 25.3 Å². The standard InChI is InChI=1S/C12H19N3O9/c13-6(2-9(18)19)11(22)14-4-5(1-8(16)17)15-7(12(23)24)3-10(20)21/h5-7,15H,1-4,13H2,(H,14,22)(H,16,17)(H,18,19)(H,20,21)(H,23,24). The summed E-state index contributed by atoms with van der Waals surface area (Å²) in [7, 11) is 0. The van der Waals surface area contributed by atoms with Gasteiger partial charge in [-0.05, 0) is 0 Å². The Morgan fingerprint density at radius 1 is 0.833 bits per heavy atom. The van der Waals surface area contributed by atoms with Crippen LogP contribution in [0, 0.1) is 0 Å². The summed E-state index contributed by atoms with van der Waals surface area (Å²) in [6, 6.07) is -4.01. The van der Waals surface area contributed by atoms with Crippen molar-refractivity contribution in [2.45, 2.75) is 37.4 Å². The van der Waals surface area contributed by atoms with Gasteiger partial charge in [0, 0.05) is 12.6 Å². The first kappa shape index (κ1) is 21.3. The monoisotopic (exact) mass is 349 g/mol. The highest BCUT2D eigenvalue weighted by Crippen LogP contribution is 2.00. The molecule has 0 fully saturated rings. The Morgan fingerprint density at radius 3 is 1.75 bits per heavy atom. The van der Waals surface area contributed by atoms with Crippen LogP contribution in [0.2, 0.25) is 0 Å². The SMILES string of the molecule is NC(CC(=O)O)C(=O)NCC(CC(=O)O)NC(CC(=O)O)C(=O)O. The zero-order chi connectivity index (χ0) is 18.9. The third kappa shape index (κ3) is 9.32. The first-order valence-corrected chi connectivity index (χ1v) is 6.70. The van der Waals surface area contributed by atoms with Crippen molar-refractivity contribution < 1.29 is 44.4 Å². The third-order valence-corrected chi connectivity index (χ3v) is 2.79. The van der Waals surface area contributed by atoms with Crippen LogP contribution in [0.5, 0.6) is 0 Å². The zero-order valence-electron chi connectivity index (χ0n) is 12.5. The number of hydrogen-bond acceptors (Lipinski definition) is 7. The van der Waals surface area contributed by atoms with Crippen LogP contribution in [0.3, 0.4) is 0 Å². The fourth-order valence-corrected chi connectivity index (χ4v) is 1.71. The maximum Gasteiger partial charge on any atom is 0.321 e. The van der Waals surface area contributed by atoms with Crippen molar-refractivity contribution in [3.05, 3.63) is 0 Å². The molecule has 0 saturated heterocycles. The molecular weight excluding hydrogens is 330 g/mol. The van der Waals surface area contributed by atoms with Crippen molar-refractivity contribution in [3.63, 3.8) is 0 Å². The van der Waals surface area contributed by atoms with E-state index in [0.717, 1.165) is 0 Å². The zero-order valence-corrected chi connectivity index (χ0v) is 12.5. The van der Waals surface area contributed by atoms with E-state index >= 15 is 0 Å². The van der Waals surface area contributed by atoms with Gasteiger partial charge in [0.25, 0.3) is 0 Å². The van der Waals surface area contributed by atoms with Crippen molar-refractivity contribution in [2.24, 2.45) is 5.73 Å².